The largest absolute Gasteiger partial charge is 0.309 e. The molecule has 0 aliphatic rings. The van der Waals surface area contributed by atoms with Crippen LogP contribution >= 0.6 is 0 Å². The van der Waals surface area contributed by atoms with Crippen molar-refractivity contribution in [1.29, 1.82) is 0 Å². The normalized spacial score (nSPS) is 11.8. The summed E-state index contributed by atoms with van der Waals surface area (Å²) in [5.74, 6) is 0.921. The number of pyridine rings is 1. The van der Waals surface area contributed by atoms with Gasteiger partial charge in [-0.3, -0.25) is 4.57 Å². The lowest BCUT2D eigenvalue weighted by atomic mass is 9.99. The zero-order valence-corrected chi connectivity index (χ0v) is 27.0. The van der Waals surface area contributed by atoms with E-state index >= 15 is 0 Å². The fourth-order valence-corrected chi connectivity index (χ4v) is 7.73. The first-order chi connectivity index (χ1) is 24.2. The monoisotopic (exact) mass is 625 g/mol. The van der Waals surface area contributed by atoms with Crippen molar-refractivity contribution in [2.75, 3.05) is 0 Å². The van der Waals surface area contributed by atoms with Crippen molar-refractivity contribution in [2.24, 2.45) is 0 Å². The van der Waals surface area contributed by atoms with Crippen molar-refractivity contribution < 1.29 is 0 Å². The highest BCUT2D eigenvalue weighted by molar-refractivity contribution is 6.13. The van der Waals surface area contributed by atoms with Crippen LogP contribution in [0.3, 0.4) is 0 Å². The van der Waals surface area contributed by atoms with Gasteiger partial charge in [-0.2, -0.15) is 0 Å². The summed E-state index contributed by atoms with van der Waals surface area (Å²) < 4.78 is 4.70. The van der Waals surface area contributed by atoms with Crippen LogP contribution in [0.15, 0.2) is 170 Å². The second-order valence-electron chi connectivity index (χ2n) is 12.9. The molecule has 0 atom stereocenters. The first-order valence-electron chi connectivity index (χ1n) is 16.8. The molecule has 10 rings (SSSR count). The molecule has 0 saturated carbocycles. The first kappa shape index (κ1) is 27.6. The number of fused-ring (bicyclic) bond motifs is 7. The van der Waals surface area contributed by atoms with E-state index in [-0.39, 0.29) is 0 Å². The maximum atomic E-state index is 5.26. The standard InChI is InChI=1S/C46H31N3/c1-30-12-11-13-33(26-30)38-29-46(47-41-19-8-5-16-35(38)41)49-43-21-10-7-18-37(43)40-28-32(23-25-45(40)49)31-22-24-44-39(27-31)36-17-6-9-20-42(36)48(44)34-14-3-2-4-15-34/h2-29H,1H3. The molecule has 3 heterocycles. The second-order valence-corrected chi connectivity index (χ2v) is 12.9. The minimum Gasteiger partial charge on any atom is -0.309 e. The molecule has 3 nitrogen and oxygen atoms in total. The van der Waals surface area contributed by atoms with Gasteiger partial charge in [-0.25, -0.2) is 4.98 Å². The summed E-state index contributed by atoms with van der Waals surface area (Å²) in [6, 6.07) is 61.3. The molecule has 0 bridgehead atoms. The van der Waals surface area contributed by atoms with Gasteiger partial charge in [0, 0.05) is 32.6 Å². The van der Waals surface area contributed by atoms with Crippen LogP contribution in [0.1, 0.15) is 5.56 Å². The average Bonchev–Trinajstić information content (AvgIpc) is 3.67. The molecule has 230 valence electrons. The number of benzene rings is 7. The van der Waals surface area contributed by atoms with Crippen molar-refractivity contribution >= 4 is 54.5 Å². The van der Waals surface area contributed by atoms with Crippen molar-refractivity contribution in [3.05, 3.63) is 175 Å². The van der Waals surface area contributed by atoms with Gasteiger partial charge in [-0.15, -0.1) is 0 Å². The lowest BCUT2D eigenvalue weighted by Crippen LogP contribution is -1.99. The maximum Gasteiger partial charge on any atom is 0.138 e. The van der Waals surface area contributed by atoms with Crippen molar-refractivity contribution in [3.63, 3.8) is 0 Å². The summed E-state index contributed by atoms with van der Waals surface area (Å²) in [5, 5.41) is 6.10. The molecule has 0 spiro atoms. The van der Waals surface area contributed by atoms with Crippen LogP contribution in [0, 0.1) is 6.92 Å². The van der Waals surface area contributed by atoms with Crippen LogP contribution in [-0.2, 0) is 0 Å². The molecule has 0 radical (unpaired) electrons. The Labute approximate surface area is 283 Å². The number of hydrogen-bond donors (Lipinski definition) is 0. The van der Waals surface area contributed by atoms with Gasteiger partial charge in [-0.05, 0) is 89.8 Å². The van der Waals surface area contributed by atoms with E-state index in [2.05, 4.69) is 186 Å². The molecule has 0 N–H and O–H groups in total. The molecule has 0 saturated heterocycles. The number of hydrogen-bond acceptors (Lipinski definition) is 1. The number of rotatable bonds is 4. The van der Waals surface area contributed by atoms with E-state index in [1.165, 1.54) is 66.1 Å². The van der Waals surface area contributed by atoms with Crippen LogP contribution in [0.4, 0.5) is 0 Å². The minimum atomic E-state index is 0.921. The van der Waals surface area contributed by atoms with Crippen molar-refractivity contribution in [3.8, 4) is 33.8 Å². The predicted octanol–water partition coefficient (Wildman–Crippen LogP) is 12.1. The molecular weight excluding hydrogens is 595 g/mol. The van der Waals surface area contributed by atoms with E-state index in [4.69, 9.17) is 4.98 Å². The van der Waals surface area contributed by atoms with Crippen molar-refractivity contribution in [1.82, 2.24) is 14.1 Å². The summed E-state index contributed by atoms with van der Waals surface area (Å²) in [4.78, 5) is 5.26. The van der Waals surface area contributed by atoms with Gasteiger partial charge in [0.25, 0.3) is 0 Å². The Balaban J connectivity index is 1.18. The Bertz CT molecular complexity index is 2890. The predicted molar refractivity (Wildman–Crippen MR) is 206 cm³/mol. The van der Waals surface area contributed by atoms with Gasteiger partial charge >= 0.3 is 0 Å². The number of nitrogens with zero attached hydrogens (tertiary/aromatic N) is 3. The Morgan fingerprint density at radius 3 is 1.65 bits per heavy atom. The van der Waals surface area contributed by atoms with E-state index in [9.17, 15) is 0 Å². The minimum absolute atomic E-state index is 0.921. The summed E-state index contributed by atoms with van der Waals surface area (Å²) in [5.41, 5.74) is 12.9. The van der Waals surface area contributed by atoms with E-state index in [1.807, 2.05) is 0 Å². The van der Waals surface area contributed by atoms with Gasteiger partial charge in [0.05, 0.1) is 27.6 Å². The highest BCUT2D eigenvalue weighted by Crippen LogP contribution is 2.39. The molecule has 0 unspecified atom stereocenters. The summed E-state index contributed by atoms with van der Waals surface area (Å²) in [6.45, 7) is 2.15. The van der Waals surface area contributed by atoms with E-state index < -0.39 is 0 Å². The van der Waals surface area contributed by atoms with Gasteiger partial charge < -0.3 is 4.57 Å². The Hall–Kier alpha value is -6.45. The molecule has 0 aliphatic carbocycles. The van der Waals surface area contributed by atoms with E-state index in [0.29, 0.717) is 0 Å². The Morgan fingerprint density at radius 1 is 0.388 bits per heavy atom. The van der Waals surface area contributed by atoms with Crippen molar-refractivity contribution in [2.45, 2.75) is 6.92 Å². The maximum absolute atomic E-state index is 5.26. The van der Waals surface area contributed by atoms with Crippen LogP contribution in [0.2, 0.25) is 0 Å². The van der Waals surface area contributed by atoms with Crippen LogP contribution in [0.5, 0.6) is 0 Å². The van der Waals surface area contributed by atoms with E-state index in [1.54, 1.807) is 0 Å². The molecule has 3 heteroatoms. The Morgan fingerprint density at radius 2 is 0.959 bits per heavy atom. The molecule has 0 fully saturated rings. The first-order valence-corrected chi connectivity index (χ1v) is 16.8. The molecular formula is C46H31N3. The fourth-order valence-electron chi connectivity index (χ4n) is 7.73. The molecule has 10 aromatic rings. The van der Waals surface area contributed by atoms with Gasteiger partial charge in [0.2, 0.25) is 0 Å². The average molecular weight is 626 g/mol. The third kappa shape index (κ3) is 4.33. The number of aryl methyl sites for hydroxylation is 1. The van der Waals surface area contributed by atoms with Gasteiger partial charge in [0.15, 0.2) is 0 Å². The highest BCUT2D eigenvalue weighted by Gasteiger charge is 2.18. The quantitative estimate of drug-likeness (QED) is 0.191. The zero-order chi connectivity index (χ0) is 32.5. The molecule has 7 aromatic carbocycles. The molecule has 49 heavy (non-hydrogen) atoms. The van der Waals surface area contributed by atoms with Gasteiger partial charge in [0.1, 0.15) is 5.82 Å². The smallest absolute Gasteiger partial charge is 0.138 e. The summed E-state index contributed by atoms with van der Waals surface area (Å²) in [6.07, 6.45) is 0. The zero-order valence-electron chi connectivity index (χ0n) is 27.0. The SMILES string of the molecule is Cc1cccc(-c2cc(-n3c4ccccc4c4cc(-c5ccc6c(c5)c5ccccc5n6-c5ccccc5)ccc43)nc3ccccc23)c1. The van der Waals surface area contributed by atoms with Crippen LogP contribution in [0.25, 0.3) is 88.3 Å². The Kier molecular flexibility index (Phi) is 6.09. The molecule has 0 aliphatic heterocycles. The third-order valence-corrected chi connectivity index (χ3v) is 9.95. The van der Waals surface area contributed by atoms with Crippen LogP contribution in [-0.4, -0.2) is 14.1 Å². The lowest BCUT2D eigenvalue weighted by Gasteiger charge is -2.13. The second kappa shape index (κ2) is 10.8. The van der Waals surface area contributed by atoms with Crippen LogP contribution < -0.4 is 0 Å². The van der Waals surface area contributed by atoms with Gasteiger partial charge in [-0.1, -0.05) is 115 Å². The topological polar surface area (TPSA) is 22.8 Å². The summed E-state index contributed by atoms with van der Waals surface area (Å²) >= 11 is 0. The van der Waals surface area contributed by atoms with E-state index in [0.717, 1.165) is 27.8 Å². The third-order valence-electron chi connectivity index (χ3n) is 9.95. The molecule has 0 amide bonds. The lowest BCUT2D eigenvalue weighted by molar-refractivity contribution is 1.10. The highest BCUT2D eigenvalue weighted by atomic mass is 15.1. The summed E-state index contributed by atoms with van der Waals surface area (Å²) in [7, 11) is 0. The molecule has 3 aromatic heterocycles. The number of para-hydroxylation sites is 4. The fraction of sp³-hybridized carbons (Fsp3) is 0.0217. The number of aromatic nitrogens is 3.